The highest BCUT2D eigenvalue weighted by Crippen LogP contribution is 2.24. The van der Waals surface area contributed by atoms with Gasteiger partial charge in [0.1, 0.15) is 5.52 Å². The minimum Gasteiger partial charge on any atom is -0.481 e. The molecule has 0 unspecified atom stereocenters. The Bertz CT molecular complexity index is 740. The third kappa shape index (κ3) is 3.18. The van der Waals surface area contributed by atoms with E-state index in [2.05, 4.69) is 10.3 Å². The molecule has 1 N–H and O–H groups in total. The molecule has 0 bridgehead atoms. The van der Waals surface area contributed by atoms with Gasteiger partial charge in [0.05, 0.1) is 5.52 Å². The van der Waals surface area contributed by atoms with E-state index in [-0.39, 0.29) is 18.4 Å². The van der Waals surface area contributed by atoms with Crippen LogP contribution >= 0.6 is 0 Å². The number of likely N-dealkylation sites (tertiary alicyclic amines) is 1. The number of fused-ring (bicyclic) bond motifs is 1. The van der Waals surface area contributed by atoms with E-state index in [9.17, 15) is 9.59 Å². The van der Waals surface area contributed by atoms with E-state index in [1.165, 1.54) is 0 Å². The molecule has 7 heteroatoms. The van der Waals surface area contributed by atoms with Crippen LogP contribution in [0.25, 0.3) is 11.0 Å². The quantitative estimate of drug-likeness (QED) is 0.929. The molecule has 0 radical (unpaired) electrons. The van der Waals surface area contributed by atoms with Crippen molar-refractivity contribution in [3.8, 4) is 0 Å². The van der Waals surface area contributed by atoms with Crippen molar-refractivity contribution < 1.29 is 14.7 Å². The molecule has 1 saturated heterocycles. The smallest absolute Gasteiger partial charge is 0.303 e. The van der Waals surface area contributed by atoms with E-state index in [4.69, 9.17) is 5.11 Å². The zero-order valence-corrected chi connectivity index (χ0v) is 13.1. The lowest BCUT2D eigenvalue weighted by Crippen LogP contribution is -2.44. The average Bonchev–Trinajstić information content (AvgIpc) is 2.93. The van der Waals surface area contributed by atoms with E-state index in [0.29, 0.717) is 24.0 Å². The van der Waals surface area contributed by atoms with Gasteiger partial charge in [0.2, 0.25) is 0 Å². The van der Waals surface area contributed by atoms with Crippen LogP contribution in [0.3, 0.4) is 0 Å². The molecule has 0 spiro atoms. The monoisotopic (exact) mass is 316 g/mol. The van der Waals surface area contributed by atoms with Gasteiger partial charge in [0.15, 0.2) is 0 Å². The van der Waals surface area contributed by atoms with Gasteiger partial charge in [-0.2, -0.15) is 0 Å². The summed E-state index contributed by atoms with van der Waals surface area (Å²) in [7, 11) is 1.81. The van der Waals surface area contributed by atoms with Crippen molar-refractivity contribution in [1.82, 2.24) is 19.9 Å². The summed E-state index contributed by atoms with van der Waals surface area (Å²) in [6.07, 6.45) is 3.47. The van der Waals surface area contributed by atoms with Crippen molar-refractivity contribution in [2.45, 2.75) is 38.1 Å². The van der Waals surface area contributed by atoms with Gasteiger partial charge in [-0.05, 0) is 43.9 Å². The summed E-state index contributed by atoms with van der Waals surface area (Å²) in [5.74, 6) is -0.864. The number of aromatic nitrogens is 3. The first kappa shape index (κ1) is 15.5. The van der Waals surface area contributed by atoms with Crippen LogP contribution in [0, 0.1) is 0 Å². The molecule has 1 amide bonds. The molecule has 122 valence electrons. The third-order valence-electron chi connectivity index (χ3n) is 4.44. The molecule has 0 saturated carbocycles. The fourth-order valence-corrected chi connectivity index (χ4v) is 3.20. The number of amides is 1. The Hall–Kier alpha value is -2.44. The Labute approximate surface area is 133 Å². The maximum Gasteiger partial charge on any atom is 0.303 e. The number of hydrogen-bond donors (Lipinski definition) is 1. The van der Waals surface area contributed by atoms with Crippen LogP contribution < -0.4 is 0 Å². The number of piperidine rings is 1. The second-order valence-corrected chi connectivity index (χ2v) is 6.00. The van der Waals surface area contributed by atoms with Crippen LogP contribution in [0.15, 0.2) is 18.2 Å². The lowest BCUT2D eigenvalue weighted by Gasteiger charge is -2.35. The number of carbonyl (C=O) groups excluding carboxylic acids is 1. The summed E-state index contributed by atoms with van der Waals surface area (Å²) in [5, 5.41) is 16.9. The summed E-state index contributed by atoms with van der Waals surface area (Å²) >= 11 is 0. The lowest BCUT2D eigenvalue weighted by atomic mass is 9.97. The molecule has 7 nitrogen and oxygen atoms in total. The number of carboxylic acids is 1. The third-order valence-corrected chi connectivity index (χ3v) is 4.44. The van der Waals surface area contributed by atoms with Gasteiger partial charge >= 0.3 is 5.97 Å². The molecular weight excluding hydrogens is 296 g/mol. The van der Waals surface area contributed by atoms with Gasteiger partial charge < -0.3 is 10.0 Å². The van der Waals surface area contributed by atoms with Gasteiger partial charge in [-0.25, -0.2) is 4.68 Å². The van der Waals surface area contributed by atoms with Gasteiger partial charge in [-0.1, -0.05) is 5.21 Å². The number of carboxylic acid groups (broad SMARTS) is 1. The zero-order valence-electron chi connectivity index (χ0n) is 13.1. The summed E-state index contributed by atoms with van der Waals surface area (Å²) < 4.78 is 1.67. The normalized spacial score (nSPS) is 18.3. The number of aryl methyl sites for hydroxylation is 1. The van der Waals surface area contributed by atoms with Crippen molar-refractivity contribution >= 4 is 22.9 Å². The number of rotatable bonds is 4. The molecule has 0 aliphatic carbocycles. The predicted octanol–water partition coefficient (Wildman–Crippen LogP) is 1.83. The highest BCUT2D eigenvalue weighted by molar-refractivity contribution is 5.97. The van der Waals surface area contributed by atoms with Crippen molar-refractivity contribution in [1.29, 1.82) is 0 Å². The summed E-state index contributed by atoms with van der Waals surface area (Å²) in [6, 6.07) is 5.40. The minimum atomic E-state index is -0.816. The van der Waals surface area contributed by atoms with E-state index in [0.717, 1.165) is 24.8 Å². The van der Waals surface area contributed by atoms with Crippen LogP contribution in [0.2, 0.25) is 0 Å². The van der Waals surface area contributed by atoms with Crippen LogP contribution in [0.4, 0.5) is 0 Å². The summed E-state index contributed by atoms with van der Waals surface area (Å²) in [6.45, 7) is 0.682. The molecule has 3 rings (SSSR count). The maximum absolute atomic E-state index is 12.8. The van der Waals surface area contributed by atoms with Crippen molar-refractivity contribution in [3.05, 3.63) is 23.8 Å². The number of aliphatic carboxylic acids is 1. The SMILES string of the molecule is Cn1nnc2cc(C(=O)N3CCCC[C@@H]3CCC(=O)O)ccc21. The van der Waals surface area contributed by atoms with Gasteiger partial charge in [0, 0.05) is 31.6 Å². The molecule has 2 heterocycles. The van der Waals surface area contributed by atoms with E-state index in [1.807, 2.05) is 18.0 Å². The van der Waals surface area contributed by atoms with Crippen LogP contribution in [-0.4, -0.2) is 49.5 Å². The largest absolute Gasteiger partial charge is 0.481 e. The van der Waals surface area contributed by atoms with E-state index in [1.54, 1.807) is 16.8 Å². The molecule has 1 fully saturated rings. The Morgan fingerprint density at radius 1 is 1.35 bits per heavy atom. The molecule has 1 aromatic heterocycles. The topological polar surface area (TPSA) is 88.3 Å². The number of benzene rings is 1. The van der Waals surface area contributed by atoms with Crippen LogP contribution in [-0.2, 0) is 11.8 Å². The van der Waals surface area contributed by atoms with Crippen molar-refractivity contribution in [2.75, 3.05) is 6.54 Å². The minimum absolute atomic E-state index is 0.00454. The first-order chi connectivity index (χ1) is 11.1. The fraction of sp³-hybridized carbons (Fsp3) is 0.500. The van der Waals surface area contributed by atoms with Crippen molar-refractivity contribution in [2.24, 2.45) is 7.05 Å². The molecule has 1 aliphatic rings. The first-order valence-electron chi connectivity index (χ1n) is 7.88. The second-order valence-electron chi connectivity index (χ2n) is 6.00. The fourth-order valence-electron chi connectivity index (χ4n) is 3.20. The second kappa shape index (κ2) is 6.36. The van der Waals surface area contributed by atoms with Crippen LogP contribution in [0.1, 0.15) is 42.5 Å². The molecular formula is C16H20N4O3. The molecule has 2 aromatic rings. The van der Waals surface area contributed by atoms with E-state index < -0.39 is 5.97 Å². The molecule has 23 heavy (non-hydrogen) atoms. The first-order valence-corrected chi connectivity index (χ1v) is 7.88. The molecule has 1 aromatic carbocycles. The Morgan fingerprint density at radius 3 is 2.96 bits per heavy atom. The lowest BCUT2D eigenvalue weighted by molar-refractivity contribution is -0.137. The maximum atomic E-state index is 12.8. The highest BCUT2D eigenvalue weighted by atomic mass is 16.4. The van der Waals surface area contributed by atoms with Gasteiger partial charge in [0.25, 0.3) is 5.91 Å². The van der Waals surface area contributed by atoms with Crippen molar-refractivity contribution in [3.63, 3.8) is 0 Å². The standard InChI is InChI=1S/C16H20N4O3/c1-19-14-7-5-11(10-13(14)17-18-19)16(23)20-9-3-2-4-12(20)6-8-15(21)22/h5,7,10,12H,2-4,6,8-9H2,1H3,(H,21,22)/t12-/m1/s1. The molecule has 1 aliphatic heterocycles. The Balaban J connectivity index is 1.81. The highest BCUT2D eigenvalue weighted by Gasteiger charge is 2.28. The Morgan fingerprint density at radius 2 is 2.17 bits per heavy atom. The van der Waals surface area contributed by atoms with E-state index >= 15 is 0 Å². The van der Waals surface area contributed by atoms with Gasteiger partial charge in [-0.15, -0.1) is 5.10 Å². The Kier molecular flexibility index (Phi) is 4.27. The zero-order chi connectivity index (χ0) is 16.4. The average molecular weight is 316 g/mol. The summed E-state index contributed by atoms with van der Waals surface area (Å²) in [5.41, 5.74) is 2.15. The predicted molar refractivity (Wildman–Crippen MR) is 84.1 cm³/mol. The number of nitrogens with zero attached hydrogens (tertiary/aromatic N) is 4. The summed E-state index contributed by atoms with van der Waals surface area (Å²) in [4.78, 5) is 25.5. The number of carbonyl (C=O) groups is 2. The number of hydrogen-bond acceptors (Lipinski definition) is 4. The van der Waals surface area contributed by atoms with Crippen LogP contribution in [0.5, 0.6) is 0 Å². The molecule has 1 atom stereocenters. The van der Waals surface area contributed by atoms with Gasteiger partial charge in [-0.3, -0.25) is 9.59 Å².